The molecule has 2 aromatic rings. The second-order valence-corrected chi connectivity index (χ2v) is 7.20. The van der Waals surface area contributed by atoms with Gasteiger partial charge in [0.1, 0.15) is 11.4 Å². The Labute approximate surface area is 159 Å². The topological polar surface area (TPSA) is 60.9 Å². The van der Waals surface area contributed by atoms with Crippen LogP contribution in [0.5, 0.6) is 5.75 Å². The molecule has 1 aromatic carbocycles. The summed E-state index contributed by atoms with van der Waals surface area (Å²) in [6.45, 7) is 2.49. The molecule has 2 aliphatic heterocycles. The third kappa shape index (κ3) is 3.96. The zero-order valence-corrected chi connectivity index (χ0v) is 15.5. The molecule has 1 atom stereocenters. The molecular weight excluding hydrogens is 344 g/mol. The van der Waals surface area contributed by atoms with Crippen molar-refractivity contribution in [3.63, 3.8) is 0 Å². The Morgan fingerprint density at radius 1 is 1.22 bits per heavy atom. The molecule has 2 aliphatic rings. The van der Waals surface area contributed by atoms with E-state index in [0.717, 1.165) is 24.2 Å². The van der Waals surface area contributed by atoms with Crippen LogP contribution >= 0.6 is 0 Å². The van der Waals surface area contributed by atoms with Crippen LogP contribution in [0.1, 0.15) is 28.8 Å². The van der Waals surface area contributed by atoms with Crippen molar-refractivity contribution in [1.82, 2.24) is 9.88 Å². The first-order chi connectivity index (χ1) is 13.2. The molecule has 6 heteroatoms. The number of rotatable bonds is 5. The number of hydrogen-bond acceptors (Lipinski definition) is 5. The van der Waals surface area contributed by atoms with E-state index in [9.17, 15) is 4.79 Å². The van der Waals surface area contributed by atoms with E-state index < -0.39 is 0 Å². The van der Waals surface area contributed by atoms with Crippen LogP contribution in [0.4, 0.5) is 0 Å². The number of benzene rings is 1. The van der Waals surface area contributed by atoms with Crippen LogP contribution in [-0.4, -0.2) is 54.3 Å². The highest BCUT2D eigenvalue weighted by Crippen LogP contribution is 2.36. The smallest absolute Gasteiger partial charge is 0.254 e. The van der Waals surface area contributed by atoms with E-state index >= 15 is 0 Å². The maximum atomic E-state index is 12.6. The van der Waals surface area contributed by atoms with Crippen molar-refractivity contribution in [2.45, 2.75) is 31.2 Å². The van der Waals surface area contributed by atoms with Gasteiger partial charge in [0.05, 0.1) is 32.9 Å². The molecule has 3 heterocycles. The Bertz CT molecular complexity index is 773. The number of likely N-dealkylation sites (tertiary alicyclic amines) is 1. The molecule has 0 saturated carbocycles. The number of pyridine rings is 1. The van der Waals surface area contributed by atoms with Crippen LogP contribution in [0.3, 0.4) is 0 Å². The van der Waals surface area contributed by atoms with E-state index in [0.29, 0.717) is 31.9 Å². The monoisotopic (exact) mass is 368 g/mol. The molecule has 0 bridgehead atoms. The SMILES string of the molecule is COc1ccc(C(=O)N2CC3(C[C@H](OCc4ccncc4)CCO3)C2)cc1. The number of amides is 1. The van der Waals surface area contributed by atoms with Crippen LogP contribution in [0.15, 0.2) is 48.8 Å². The zero-order chi connectivity index (χ0) is 18.7. The first-order valence-electron chi connectivity index (χ1n) is 9.25. The summed E-state index contributed by atoms with van der Waals surface area (Å²) in [5.41, 5.74) is 1.53. The summed E-state index contributed by atoms with van der Waals surface area (Å²) in [7, 11) is 1.61. The van der Waals surface area contributed by atoms with E-state index in [-0.39, 0.29) is 17.6 Å². The molecule has 0 unspecified atom stereocenters. The lowest BCUT2D eigenvalue weighted by atomic mass is 9.84. The predicted molar refractivity (Wildman–Crippen MR) is 99.6 cm³/mol. The Morgan fingerprint density at radius 3 is 2.67 bits per heavy atom. The molecule has 1 amide bonds. The molecule has 0 radical (unpaired) electrons. The van der Waals surface area contributed by atoms with Crippen molar-refractivity contribution >= 4 is 5.91 Å². The normalized spacial score (nSPS) is 20.9. The van der Waals surface area contributed by atoms with Crippen molar-refractivity contribution in [2.24, 2.45) is 0 Å². The van der Waals surface area contributed by atoms with E-state index in [1.807, 2.05) is 29.2 Å². The number of carbonyl (C=O) groups excluding carboxylic acids is 1. The quantitative estimate of drug-likeness (QED) is 0.812. The second kappa shape index (κ2) is 7.66. The molecule has 6 nitrogen and oxygen atoms in total. The molecule has 2 saturated heterocycles. The fourth-order valence-electron chi connectivity index (χ4n) is 3.75. The number of methoxy groups -OCH3 is 1. The molecule has 0 aliphatic carbocycles. The molecule has 1 aromatic heterocycles. The fraction of sp³-hybridized carbons (Fsp3) is 0.429. The largest absolute Gasteiger partial charge is 0.497 e. The average molecular weight is 368 g/mol. The van der Waals surface area contributed by atoms with Crippen molar-refractivity contribution in [3.05, 3.63) is 59.9 Å². The van der Waals surface area contributed by atoms with Crippen LogP contribution in [0.2, 0.25) is 0 Å². The summed E-state index contributed by atoms with van der Waals surface area (Å²) in [4.78, 5) is 18.5. The van der Waals surface area contributed by atoms with Gasteiger partial charge in [0.25, 0.3) is 5.91 Å². The minimum atomic E-state index is -0.261. The third-order valence-electron chi connectivity index (χ3n) is 5.27. The maximum Gasteiger partial charge on any atom is 0.254 e. The molecule has 1 spiro atoms. The average Bonchev–Trinajstić information content (AvgIpc) is 2.71. The van der Waals surface area contributed by atoms with Gasteiger partial charge in [-0.05, 0) is 48.4 Å². The Kier molecular flexibility index (Phi) is 5.09. The van der Waals surface area contributed by atoms with Crippen LogP contribution in [0.25, 0.3) is 0 Å². The van der Waals surface area contributed by atoms with E-state index in [1.165, 1.54) is 0 Å². The van der Waals surface area contributed by atoms with Gasteiger partial charge >= 0.3 is 0 Å². The van der Waals surface area contributed by atoms with Gasteiger partial charge in [-0.3, -0.25) is 9.78 Å². The Balaban J connectivity index is 1.30. The lowest BCUT2D eigenvalue weighted by molar-refractivity contribution is -0.188. The summed E-state index contributed by atoms with van der Waals surface area (Å²) in [6, 6.07) is 11.1. The summed E-state index contributed by atoms with van der Waals surface area (Å²) in [5.74, 6) is 0.781. The third-order valence-corrected chi connectivity index (χ3v) is 5.27. The molecule has 142 valence electrons. The fourth-order valence-corrected chi connectivity index (χ4v) is 3.75. The summed E-state index contributed by atoms with van der Waals surface area (Å²) in [6.07, 6.45) is 5.42. The van der Waals surface area contributed by atoms with Gasteiger partial charge in [-0.2, -0.15) is 0 Å². The first kappa shape index (κ1) is 17.9. The van der Waals surface area contributed by atoms with Gasteiger partial charge in [0.2, 0.25) is 0 Å². The summed E-state index contributed by atoms with van der Waals surface area (Å²) in [5, 5.41) is 0. The second-order valence-electron chi connectivity index (χ2n) is 7.20. The van der Waals surface area contributed by atoms with Crippen LogP contribution < -0.4 is 4.74 Å². The maximum absolute atomic E-state index is 12.6. The van der Waals surface area contributed by atoms with Crippen LogP contribution in [-0.2, 0) is 16.1 Å². The number of carbonyl (C=O) groups is 1. The summed E-state index contributed by atoms with van der Waals surface area (Å²) < 4.78 is 17.3. The van der Waals surface area contributed by atoms with Crippen molar-refractivity contribution in [3.8, 4) is 5.75 Å². The van der Waals surface area contributed by atoms with Gasteiger partial charge in [-0.25, -0.2) is 0 Å². The Hall–Kier alpha value is -2.44. The highest BCUT2D eigenvalue weighted by atomic mass is 16.5. The van der Waals surface area contributed by atoms with Gasteiger partial charge < -0.3 is 19.1 Å². The number of nitrogens with zero attached hydrogens (tertiary/aromatic N) is 2. The highest BCUT2D eigenvalue weighted by molar-refractivity contribution is 5.95. The lowest BCUT2D eigenvalue weighted by Crippen LogP contribution is -2.67. The minimum Gasteiger partial charge on any atom is -0.497 e. The van der Waals surface area contributed by atoms with E-state index in [1.54, 1.807) is 31.6 Å². The Morgan fingerprint density at radius 2 is 1.96 bits per heavy atom. The summed E-state index contributed by atoms with van der Waals surface area (Å²) >= 11 is 0. The molecule has 0 N–H and O–H groups in total. The molecule has 27 heavy (non-hydrogen) atoms. The van der Waals surface area contributed by atoms with E-state index in [4.69, 9.17) is 14.2 Å². The van der Waals surface area contributed by atoms with Crippen molar-refractivity contribution in [2.75, 3.05) is 26.8 Å². The van der Waals surface area contributed by atoms with Crippen molar-refractivity contribution in [1.29, 1.82) is 0 Å². The molecule has 4 rings (SSSR count). The van der Waals surface area contributed by atoms with Gasteiger partial charge in [0.15, 0.2) is 0 Å². The standard InChI is InChI=1S/C21H24N2O4/c1-25-18-4-2-17(3-5-18)20(24)23-14-21(15-23)12-19(8-11-27-21)26-13-16-6-9-22-10-7-16/h2-7,9-10,19H,8,11-15H2,1H3/t19-/m1/s1. The predicted octanol–water partition coefficient (Wildman–Crippen LogP) is 2.68. The number of aromatic nitrogens is 1. The van der Waals surface area contributed by atoms with Crippen LogP contribution in [0, 0.1) is 0 Å². The first-order valence-corrected chi connectivity index (χ1v) is 9.25. The molecule has 2 fully saturated rings. The highest BCUT2D eigenvalue weighted by Gasteiger charge is 2.49. The van der Waals surface area contributed by atoms with Gasteiger partial charge in [0, 0.05) is 31.0 Å². The van der Waals surface area contributed by atoms with Gasteiger partial charge in [-0.15, -0.1) is 0 Å². The molecular formula is C21H24N2O4. The lowest BCUT2D eigenvalue weighted by Gasteiger charge is -2.53. The van der Waals surface area contributed by atoms with Crippen molar-refractivity contribution < 1.29 is 19.0 Å². The van der Waals surface area contributed by atoms with E-state index in [2.05, 4.69) is 4.98 Å². The van der Waals surface area contributed by atoms with Gasteiger partial charge in [-0.1, -0.05) is 0 Å². The number of hydrogen-bond donors (Lipinski definition) is 0. The zero-order valence-electron chi connectivity index (χ0n) is 15.5. The number of ether oxygens (including phenoxy) is 3. The minimum absolute atomic E-state index is 0.0340.